The zero-order valence-corrected chi connectivity index (χ0v) is 11.2. The van der Waals surface area contributed by atoms with Crippen molar-refractivity contribution in [1.29, 1.82) is 0 Å². The van der Waals surface area contributed by atoms with Crippen molar-refractivity contribution >= 4 is 11.8 Å². The van der Waals surface area contributed by atoms with Crippen molar-refractivity contribution in [3.8, 4) is 0 Å². The smallest absolute Gasteiger partial charge is 0.242 e. The summed E-state index contributed by atoms with van der Waals surface area (Å²) in [5.41, 5.74) is 1.01. The number of rotatable bonds is 4. The van der Waals surface area contributed by atoms with Crippen molar-refractivity contribution < 1.29 is 9.59 Å². The summed E-state index contributed by atoms with van der Waals surface area (Å²) in [5.74, 6) is 0.643. The summed E-state index contributed by atoms with van der Waals surface area (Å²) in [5, 5.41) is 2.83. The molecule has 1 fully saturated rings. The van der Waals surface area contributed by atoms with Crippen molar-refractivity contribution in [2.75, 3.05) is 13.6 Å². The molecule has 102 valence electrons. The molecule has 1 aliphatic heterocycles. The van der Waals surface area contributed by atoms with E-state index in [9.17, 15) is 9.59 Å². The summed E-state index contributed by atoms with van der Waals surface area (Å²) in [7, 11) is 1.67. The third-order valence-electron chi connectivity index (χ3n) is 3.28. The van der Waals surface area contributed by atoms with Gasteiger partial charge in [-0.15, -0.1) is 0 Å². The Kier molecular flexibility index (Phi) is 4.09. The number of carbonyl (C=O) groups is 2. The number of hydrogen-bond donors (Lipinski definition) is 1. The standard InChI is InChI=1S/C13H18N4O2/c1-9-7-15-11(16-8-9)5-6-14-13(19)10-3-4-12(18)17(10)2/h7-8,10H,3-6H2,1-2H3,(H,14,19). The van der Waals surface area contributed by atoms with E-state index >= 15 is 0 Å². The van der Waals surface area contributed by atoms with Crippen molar-refractivity contribution in [3.05, 3.63) is 23.8 Å². The minimum Gasteiger partial charge on any atom is -0.354 e. The first-order valence-electron chi connectivity index (χ1n) is 6.39. The molecule has 0 aliphatic carbocycles. The molecule has 6 heteroatoms. The van der Waals surface area contributed by atoms with E-state index in [0.717, 1.165) is 5.56 Å². The number of aryl methyl sites for hydroxylation is 1. The average molecular weight is 262 g/mol. The summed E-state index contributed by atoms with van der Waals surface area (Å²) >= 11 is 0. The van der Waals surface area contributed by atoms with E-state index in [4.69, 9.17) is 0 Å². The summed E-state index contributed by atoms with van der Waals surface area (Å²) in [6.45, 7) is 2.42. The highest BCUT2D eigenvalue weighted by Gasteiger charge is 2.32. The third kappa shape index (κ3) is 3.27. The monoisotopic (exact) mass is 262 g/mol. The molecule has 0 saturated carbocycles. The van der Waals surface area contributed by atoms with Gasteiger partial charge < -0.3 is 10.2 Å². The van der Waals surface area contributed by atoms with Crippen LogP contribution in [0.1, 0.15) is 24.2 Å². The second-order valence-electron chi connectivity index (χ2n) is 4.78. The number of carbonyl (C=O) groups excluding carboxylic acids is 2. The maximum Gasteiger partial charge on any atom is 0.242 e. The minimum absolute atomic E-state index is 0.0296. The van der Waals surface area contributed by atoms with Crippen molar-refractivity contribution in [3.63, 3.8) is 0 Å². The highest BCUT2D eigenvalue weighted by atomic mass is 16.2. The van der Waals surface area contributed by atoms with Gasteiger partial charge >= 0.3 is 0 Å². The molecule has 1 aromatic heterocycles. The molecule has 6 nitrogen and oxygen atoms in total. The molecule has 1 aliphatic rings. The molecule has 2 amide bonds. The highest BCUT2D eigenvalue weighted by molar-refractivity contribution is 5.90. The van der Waals surface area contributed by atoms with E-state index in [1.807, 2.05) is 6.92 Å². The molecule has 1 aromatic rings. The molecule has 0 radical (unpaired) electrons. The Morgan fingerprint density at radius 2 is 2.16 bits per heavy atom. The van der Waals surface area contributed by atoms with Crippen LogP contribution in [0.15, 0.2) is 12.4 Å². The molecule has 2 heterocycles. The fourth-order valence-electron chi connectivity index (χ4n) is 2.07. The first-order valence-corrected chi connectivity index (χ1v) is 6.39. The first-order chi connectivity index (χ1) is 9.08. The van der Waals surface area contributed by atoms with Gasteiger partial charge in [-0.3, -0.25) is 9.59 Å². The molecule has 2 rings (SSSR count). The second-order valence-corrected chi connectivity index (χ2v) is 4.78. The predicted octanol–water partition coefficient (Wildman–Crippen LogP) is 0.0645. The topological polar surface area (TPSA) is 75.2 Å². The number of amides is 2. The van der Waals surface area contributed by atoms with Gasteiger partial charge in [0.15, 0.2) is 0 Å². The van der Waals surface area contributed by atoms with Gasteiger partial charge in [0.2, 0.25) is 11.8 Å². The Morgan fingerprint density at radius 1 is 1.47 bits per heavy atom. The molecule has 0 spiro atoms. The fourth-order valence-corrected chi connectivity index (χ4v) is 2.07. The Labute approximate surface area is 112 Å². The number of nitrogens with one attached hydrogen (secondary N) is 1. The molecule has 19 heavy (non-hydrogen) atoms. The fraction of sp³-hybridized carbons (Fsp3) is 0.538. The van der Waals surface area contributed by atoms with Crippen molar-refractivity contribution in [1.82, 2.24) is 20.2 Å². The van der Waals surface area contributed by atoms with Gasteiger partial charge in [0.1, 0.15) is 11.9 Å². The zero-order valence-electron chi connectivity index (χ0n) is 11.2. The van der Waals surface area contributed by atoms with E-state index in [1.165, 1.54) is 4.90 Å². The Bertz CT molecular complexity index is 472. The van der Waals surface area contributed by atoms with Crippen LogP contribution in [-0.2, 0) is 16.0 Å². The van der Waals surface area contributed by atoms with E-state index in [1.54, 1.807) is 19.4 Å². The van der Waals surface area contributed by atoms with Crippen LogP contribution in [0, 0.1) is 6.92 Å². The highest BCUT2D eigenvalue weighted by Crippen LogP contribution is 2.16. The molecule has 1 N–H and O–H groups in total. The lowest BCUT2D eigenvalue weighted by molar-refractivity contribution is -0.133. The Balaban J connectivity index is 1.78. The van der Waals surface area contributed by atoms with Crippen LogP contribution in [-0.4, -0.2) is 46.3 Å². The minimum atomic E-state index is -0.327. The maximum atomic E-state index is 11.9. The number of nitrogens with zero attached hydrogens (tertiary/aromatic N) is 3. The van der Waals surface area contributed by atoms with Crippen molar-refractivity contribution in [2.24, 2.45) is 0 Å². The van der Waals surface area contributed by atoms with Crippen LogP contribution in [0.3, 0.4) is 0 Å². The lowest BCUT2D eigenvalue weighted by Crippen LogP contribution is -2.43. The lowest BCUT2D eigenvalue weighted by Gasteiger charge is -2.18. The predicted molar refractivity (Wildman–Crippen MR) is 69.3 cm³/mol. The Hall–Kier alpha value is -1.98. The van der Waals surface area contributed by atoms with Crippen LogP contribution in [0.25, 0.3) is 0 Å². The van der Waals surface area contributed by atoms with Gasteiger partial charge in [-0.2, -0.15) is 0 Å². The van der Waals surface area contributed by atoms with E-state index in [2.05, 4.69) is 15.3 Å². The summed E-state index contributed by atoms with van der Waals surface area (Å²) < 4.78 is 0. The Morgan fingerprint density at radius 3 is 2.74 bits per heavy atom. The third-order valence-corrected chi connectivity index (χ3v) is 3.28. The molecule has 1 unspecified atom stereocenters. The van der Waals surface area contributed by atoms with Crippen LogP contribution in [0.5, 0.6) is 0 Å². The van der Waals surface area contributed by atoms with Crippen molar-refractivity contribution in [2.45, 2.75) is 32.2 Å². The molecular weight excluding hydrogens is 244 g/mol. The molecule has 1 saturated heterocycles. The number of likely N-dealkylation sites (N-methyl/N-ethyl adjacent to an activating group) is 1. The normalized spacial score (nSPS) is 18.7. The SMILES string of the molecule is Cc1cnc(CCNC(=O)C2CCC(=O)N2C)nc1. The molecule has 0 bridgehead atoms. The van der Waals surface area contributed by atoms with Gasteiger partial charge in [0.05, 0.1) is 0 Å². The van der Waals surface area contributed by atoms with Gasteiger partial charge in [-0.25, -0.2) is 9.97 Å². The second kappa shape index (κ2) is 5.77. The zero-order chi connectivity index (χ0) is 13.8. The van der Waals surface area contributed by atoms with Crippen LogP contribution < -0.4 is 5.32 Å². The molecular formula is C13H18N4O2. The summed E-state index contributed by atoms with van der Waals surface area (Å²) in [6, 6.07) is -0.327. The maximum absolute atomic E-state index is 11.9. The number of hydrogen-bond acceptors (Lipinski definition) is 4. The molecule has 0 aromatic carbocycles. The van der Waals surface area contributed by atoms with Gasteiger partial charge in [0, 0.05) is 38.8 Å². The van der Waals surface area contributed by atoms with E-state index in [0.29, 0.717) is 31.6 Å². The largest absolute Gasteiger partial charge is 0.354 e. The number of aromatic nitrogens is 2. The van der Waals surface area contributed by atoms with E-state index < -0.39 is 0 Å². The van der Waals surface area contributed by atoms with Gasteiger partial charge in [-0.1, -0.05) is 0 Å². The lowest BCUT2D eigenvalue weighted by atomic mass is 10.2. The van der Waals surface area contributed by atoms with Gasteiger partial charge in [0.25, 0.3) is 0 Å². The summed E-state index contributed by atoms with van der Waals surface area (Å²) in [6.07, 6.45) is 5.16. The summed E-state index contributed by atoms with van der Waals surface area (Å²) in [4.78, 5) is 33.1. The number of likely N-dealkylation sites (tertiary alicyclic amines) is 1. The average Bonchev–Trinajstić information content (AvgIpc) is 2.72. The first kappa shape index (κ1) is 13.5. The van der Waals surface area contributed by atoms with Gasteiger partial charge in [-0.05, 0) is 18.9 Å². The van der Waals surface area contributed by atoms with Crippen LogP contribution >= 0.6 is 0 Å². The van der Waals surface area contributed by atoms with E-state index in [-0.39, 0.29) is 17.9 Å². The van der Waals surface area contributed by atoms with Crippen LogP contribution in [0.4, 0.5) is 0 Å². The quantitative estimate of drug-likeness (QED) is 0.833. The van der Waals surface area contributed by atoms with Crippen LogP contribution in [0.2, 0.25) is 0 Å². The molecule has 1 atom stereocenters.